The molecule has 1 aromatic carbocycles. The molecule has 0 bridgehead atoms. The van der Waals surface area contributed by atoms with E-state index in [1.165, 1.54) is 15.3 Å². The molecule has 1 heterocycles. The first-order chi connectivity index (χ1) is 11.4. The second-order valence-corrected chi connectivity index (χ2v) is 8.28. The second kappa shape index (κ2) is 8.09. The zero-order valence-electron chi connectivity index (χ0n) is 14.4. The molecule has 1 unspecified atom stereocenters. The fraction of sp³-hybridized carbons (Fsp3) is 0.588. The minimum Gasteiger partial charge on any atom is -0.338 e. The minimum absolute atomic E-state index is 0.108. The van der Waals surface area contributed by atoms with E-state index >= 15 is 0 Å². The summed E-state index contributed by atoms with van der Waals surface area (Å²) in [4.78, 5) is 14.2. The van der Waals surface area contributed by atoms with Crippen molar-refractivity contribution in [2.45, 2.75) is 43.5 Å². The standard InChI is InChI=1S/C17H27N3O3S/c1-14(13-18)19(2)17(21)15-8-7-9-16(12-15)24(22,23)20-10-5-3-4-6-11-20/h7-9,12,14H,3-6,10-11,13,18H2,1-2H3. The molecular formula is C17H27N3O3S. The van der Waals surface area contributed by atoms with E-state index in [0.29, 0.717) is 25.2 Å². The summed E-state index contributed by atoms with van der Waals surface area (Å²) in [5.74, 6) is -0.221. The highest BCUT2D eigenvalue weighted by Crippen LogP contribution is 2.21. The normalized spacial score (nSPS) is 18.0. The van der Waals surface area contributed by atoms with E-state index in [4.69, 9.17) is 5.73 Å². The highest BCUT2D eigenvalue weighted by molar-refractivity contribution is 7.89. The van der Waals surface area contributed by atoms with Crippen LogP contribution in [-0.4, -0.2) is 56.3 Å². The van der Waals surface area contributed by atoms with Crippen LogP contribution in [0.1, 0.15) is 43.0 Å². The van der Waals surface area contributed by atoms with Gasteiger partial charge in [-0.25, -0.2) is 8.42 Å². The average molecular weight is 353 g/mol. The number of nitrogens with two attached hydrogens (primary N) is 1. The topological polar surface area (TPSA) is 83.7 Å². The lowest BCUT2D eigenvalue weighted by Crippen LogP contribution is -2.39. The number of benzene rings is 1. The number of carbonyl (C=O) groups excluding carboxylic acids is 1. The largest absolute Gasteiger partial charge is 0.338 e. The van der Waals surface area contributed by atoms with Gasteiger partial charge in [0, 0.05) is 38.3 Å². The van der Waals surface area contributed by atoms with Gasteiger partial charge in [-0.3, -0.25) is 4.79 Å². The van der Waals surface area contributed by atoms with Crippen LogP contribution >= 0.6 is 0 Å². The van der Waals surface area contributed by atoms with E-state index in [1.807, 2.05) is 6.92 Å². The molecule has 0 aliphatic carbocycles. The quantitative estimate of drug-likeness (QED) is 0.873. The van der Waals surface area contributed by atoms with Crippen molar-refractivity contribution in [2.75, 3.05) is 26.7 Å². The van der Waals surface area contributed by atoms with E-state index in [9.17, 15) is 13.2 Å². The first kappa shape index (κ1) is 18.9. The third-order valence-corrected chi connectivity index (χ3v) is 6.50. The fourth-order valence-electron chi connectivity index (χ4n) is 2.78. The predicted octanol–water partition coefficient (Wildman–Crippen LogP) is 1.67. The van der Waals surface area contributed by atoms with Gasteiger partial charge in [0.05, 0.1) is 4.90 Å². The van der Waals surface area contributed by atoms with Crippen LogP contribution in [0.5, 0.6) is 0 Å². The number of rotatable bonds is 5. The molecule has 1 saturated heterocycles. The number of nitrogens with zero attached hydrogens (tertiary/aromatic N) is 2. The molecular weight excluding hydrogens is 326 g/mol. The Morgan fingerprint density at radius 2 is 1.88 bits per heavy atom. The third kappa shape index (κ3) is 4.15. The maximum atomic E-state index is 12.9. The van der Waals surface area contributed by atoms with Crippen molar-refractivity contribution in [3.05, 3.63) is 29.8 Å². The molecule has 1 fully saturated rings. The summed E-state index contributed by atoms with van der Waals surface area (Å²) < 4.78 is 27.2. The van der Waals surface area contributed by atoms with E-state index in [0.717, 1.165) is 25.7 Å². The van der Waals surface area contributed by atoms with Gasteiger partial charge in [0.25, 0.3) is 5.91 Å². The van der Waals surface area contributed by atoms with Gasteiger partial charge in [-0.1, -0.05) is 18.9 Å². The molecule has 1 amide bonds. The number of amides is 1. The Bertz CT molecular complexity index is 667. The van der Waals surface area contributed by atoms with Gasteiger partial charge in [-0.15, -0.1) is 0 Å². The molecule has 1 aliphatic heterocycles. The molecule has 0 aromatic heterocycles. The Morgan fingerprint density at radius 3 is 2.46 bits per heavy atom. The van der Waals surface area contributed by atoms with E-state index < -0.39 is 10.0 Å². The molecule has 2 rings (SSSR count). The molecule has 2 N–H and O–H groups in total. The first-order valence-electron chi connectivity index (χ1n) is 8.45. The smallest absolute Gasteiger partial charge is 0.253 e. The number of sulfonamides is 1. The van der Waals surface area contributed by atoms with Gasteiger partial charge in [0.2, 0.25) is 10.0 Å². The van der Waals surface area contributed by atoms with Crippen molar-refractivity contribution >= 4 is 15.9 Å². The van der Waals surface area contributed by atoms with Crippen molar-refractivity contribution in [1.82, 2.24) is 9.21 Å². The fourth-order valence-corrected chi connectivity index (χ4v) is 4.35. The van der Waals surface area contributed by atoms with E-state index in [1.54, 1.807) is 25.2 Å². The van der Waals surface area contributed by atoms with Gasteiger partial charge >= 0.3 is 0 Å². The maximum Gasteiger partial charge on any atom is 0.253 e. The average Bonchev–Trinajstić information content (AvgIpc) is 2.89. The highest BCUT2D eigenvalue weighted by Gasteiger charge is 2.26. The summed E-state index contributed by atoms with van der Waals surface area (Å²) in [6.07, 6.45) is 3.89. The summed E-state index contributed by atoms with van der Waals surface area (Å²) in [6, 6.07) is 6.19. The molecule has 7 heteroatoms. The molecule has 0 spiro atoms. The summed E-state index contributed by atoms with van der Waals surface area (Å²) in [7, 11) is -1.88. The Morgan fingerprint density at radius 1 is 1.25 bits per heavy atom. The summed E-state index contributed by atoms with van der Waals surface area (Å²) >= 11 is 0. The van der Waals surface area contributed by atoms with Crippen LogP contribution in [-0.2, 0) is 10.0 Å². The van der Waals surface area contributed by atoms with Gasteiger partial charge in [0.15, 0.2) is 0 Å². The second-order valence-electron chi connectivity index (χ2n) is 6.35. The van der Waals surface area contributed by atoms with Crippen LogP contribution in [0.3, 0.4) is 0 Å². The molecule has 0 saturated carbocycles. The van der Waals surface area contributed by atoms with Crippen molar-refractivity contribution in [3.63, 3.8) is 0 Å². The first-order valence-corrected chi connectivity index (χ1v) is 9.89. The predicted molar refractivity (Wildman–Crippen MR) is 94.3 cm³/mol. The SMILES string of the molecule is CC(CN)N(C)C(=O)c1cccc(S(=O)(=O)N2CCCCCC2)c1. The number of carbonyl (C=O) groups is 1. The van der Waals surface area contributed by atoms with Crippen molar-refractivity contribution < 1.29 is 13.2 Å². The zero-order chi connectivity index (χ0) is 17.7. The van der Waals surface area contributed by atoms with Crippen LogP contribution in [0.4, 0.5) is 0 Å². The summed E-state index contributed by atoms with van der Waals surface area (Å²) in [5, 5.41) is 0. The van der Waals surface area contributed by atoms with Crippen LogP contribution in [0.25, 0.3) is 0 Å². The maximum absolute atomic E-state index is 12.9. The van der Waals surface area contributed by atoms with Crippen molar-refractivity contribution in [3.8, 4) is 0 Å². The zero-order valence-corrected chi connectivity index (χ0v) is 15.3. The van der Waals surface area contributed by atoms with Crippen LogP contribution in [0, 0.1) is 0 Å². The molecule has 24 heavy (non-hydrogen) atoms. The monoisotopic (exact) mass is 353 g/mol. The van der Waals surface area contributed by atoms with E-state index in [2.05, 4.69) is 0 Å². The Kier molecular flexibility index (Phi) is 6.37. The van der Waals surface area contributed by atoms with E-state index in [-0.39, 0.29) is 16.8 Å². The number of hydrogen-bond donors (Lipinski definition) is 1. The minimum atomic E-state index is -3.55. The molecule has 134 valence electrons. The lowest BCUT2D eigenvalue weighted by molar-refractivity contribution is 0.0748. The highest BCUT2D eigenvalue weighted by atomic mass is 32.2. The molecule has 6 nitrogen and oxygen atoms in total. The molecule has 1 atom stereocenters. The summed E-state index contributed by atoms with van der Waals surface area (Å²) in [6.45, 7) is 3.30. The number of likely N-dealkylation sites (N-methyl/N-ethyl adjacent to an activating group) is 1. The van der Waals surface area contributed by atoms with Gasteiger partial charge < -0.3 is 10.6 Å². The van der Waals surface area contributed by atoms with Crippen LogP contribution in [0.15, 0.2) is 29.2 Å². The van der Waals surface area contributed by atoms with Gasteiger partial charge in [-0.05, 0) is 38.0 Å². The van der Waals surface area contributed by atoms with Gasteiger partial charge in [0.1, 0.15) is 0 Å². The molecule has 0 radical (unpaired) electrons. The Balaban J connectivity index is 2.27. The van der Waals surface area contributed by atoms with Crippen molar-refractivity contribution in [2.24, 2.45) is 5.73 Å². The van der Waals surface area contributed by atoms with Crippen LogP contribution in [0.2, 0.25) is 0 Å². The third-order valence-electron chi connectivity index (χ3n) is 4.61. The van der Waals surface area contributed by atoms with Crippen molar-refractivity contribution in [1.29, 1.82) is 0 Å². The Labute approximate surface area is 144 Å². The number of hydrogen-bond acceptors (Lipinski definition) is 4. The summed E-state index contributed by atoms with van der Waals surface area (Å²) in [5.41, 5.74) is 5.97. The lowest BCUT2D eigenvalue weighted by atomic mass is 10.2. The molecule has 1 aliphatic rings. The van der Waals surface area contributed by atoms with Gasteiger partial charge in [-0.2, -0.15) is 4.31 Å². The van der Waals surface area contributed by atoms with Crippen LogP contribution < -0.4 is 5.73 Å². The Hall–Kier alpha value is -1.44. The lowest BCUT2D eigenvalue weighted by Gasteiger charge is -2.24. The molecule has 1 aromatic rings.